The second-order valence-corrected chi connectivity index (χ2v) is 34.1. The summed E-state index contributed by atoms with van der Waals surface area (Å²) in [5.41, 5.74) is 1.69. The predicted molar refractivity (Wildman–Crippen MR) is 545 cm³/mol. The Balaban J connectivity index is 0.000000405. The van der Waals surface area contributed by atoms with E-state index >= 15 is 0 Å². The first-order valence-electron chi connectivity index (χ1n) is 44.7. The summed E-state index contributed by atoms with van der Waals surface area (Å²) in [7, 11) is 9.41. The Hall–Kier alpha value is -10.3. The Labute approximate surface area is 874 Å². The molecule has 3 saturated heterocycles. The third-order valence-corrected chi connectivity index (χ3v) is 24.1. The van der Waals surface area contributed by atoms with Crippen molar-refractivity contribution in [3.05, 3.63) is 213 Å². The molecule has 6 aromatic carbocycles. The van der Waals surface area contributed by atoms with E-state index in [1.807, 2.05) is 94.5 Å². The number of fused-ring (bicyclic) bond motifs is 3. The van der Waals surface area contributed by atoms with Gasteiger partial charge in [0.1, 0.15) is 54.7 Å². The first-order valence-corrected chi connectivity index (χ1v) is 45.8. The van der Waals surface area contributed by atoms with Gasteiger partial charge in [-0.2, -0.15) is 40.5 Å². The fraction of sp³-hybridized carbons (Fsp3) is 0.423. The van der Waals surface area contributed by atoms with Gasteiger partial charge in [0, 0.05) is 205 Å². The molecule has 3 aliphatic rings. The van der Waals surface area contributed by atoms with Crippen LogP contribution in [0.3, 0.4) is 0 Å². The fourth-order valence-electron chi connectivity index (χ4n) is 14.7. The van der Waals surface area contributed by atoms with Gasteiger partial charge >= 0.3 is 59.8 Å². The molecular weight excluding hydrogens is 1940 g/mol. The van der Waals surface area contributed by atoms with E-state index < -0.39 is 65.7 Å². The maximum absolute atomic E-state index is 14.0. The van der Waals surface area contributed by atoms with E-state index in [0.29, 0.717) is 118 Å². The van der Waals surface area contributed by atoms with Crippen molar-refractivity contribution in [1.29, 1.82) is 0 Å². The number of carbonyl (C=O) groups is 11. The average molecular weight is 2070 g/mol. The number of rotatable bonds is 31. The molecule has 43 heteroatoms. The summed E-state index contributed by atoms with van der Waals surface area (Å²) in [5.74, 6) is -2.64. The van der Waals surface area contributed by atoms with Crippen LogP contribution >= 0.6 is 75.3 Å². The summed E-state index contributed by atoms with van der Waals surface area (Å²) in [5, 5.41) is 16.9. The number of pyridine rings is 3. The molecule has 0 spiro atoms. The number of nitrogens with one attached hydrogen (secondary N) is 4. The zero-order chi connectivity index (χ0) is 98.9. The van der Waals surface area contributed by atoms with E-state index in [4.69, 9.17) is 49.0 Å². The van der Waals surface area contributed by atoms with Gasteiger partial charge in [0.2, 0.25) is 35.5 Å². The SMILES string of the molecule is CC(=O)OOC(C)=O.CC(C)N1CCN(C(=O)CC[C@@H](COC(=O)Nc2cc3ccccc3cn2)N(C)C(=O)CCc2cccc(F)c2Cl)CC1.CC(C)N1CCN(C(=O)CC[C@@H](COC(=O)Nc2cc3ccccc3cn2)N(C)Cc2cccc(F)c2Cl)CC1.CN(C(=O)CCc1cccc(F)c1Cl)[C@@H](CCC(=O)N1CCNCC1)COC(=O)Nc1cc2ccccc2cn1.S.S.S.[B-]OC(C)=O.[Na+]. The van der Waals surface area contributed by atoms with Gasteiger partial charge in [-0.15, -0.1) is 0 Å². The number of anilines is 3. The van der Waals surface area contributed by atoms with Crippen molar-refractivity contribution in [1.82, 2.24) is 59.5 Å². The molecule has 8 amide bonds. The summed E-state index contributed by atoms with van der Waals surface area (Å²) in [6.07, 6.45) is 5.42. The summed E-state index contributed by atoms with van der Waals surface area (Å²) in [4.78, 5) is 168. The molecule has 12 rings (SSSR count). The van der Waals surface area contributed by atoms with Crippen LogP contribution in [0.2, 0.25) is 15.1 Å². The van der Waals surface area contributed by atoms with Crippen molar-refractivity contribution in [3.63, 3.8) is 0 Å². The molecule has 32 nitrogen and oxygen atoms in total. The van der Waals surface area contributed by atoms with Gasteiger partial charge in [-0.1, -0.05) is 144 Å². The van der Waals surface area contributed by atoms with E-state index in [1.165, 1.54) is 34.9 Å². The van der Waals surface area contributed by atoms with Crippen molar-refractivity contribution in [2.75, 3.05) is 135 Å². The maximum Gasteiger partial charge on any atom is 1.00 e. The Bertz CT molecular complexity index is 5520. The predicted octanol–water partition coefficient (Wildman–Crippen LogP) is 12.0. The number of amides is 8. The molecule has 0 saturated carbocycles. The summed E-state index contributed by atoms with van der Waals surface area (Å²) < 4.78 is 61.9. The molecular formula is C97H124BCl3F3N15NaO17S3. The number of aromatic nitrogens is 3. The molecule has 3 aliphatic heterocycles. The second kappa shape index (κ2) is 63.6. The number of nitrogens with zero attached hydrogens (tertiary/aromatic N) is 11. The summed E-state index contributed by atoms with van der Waals surface area (Å²) >= 11 is 18.3. The van der Waals surface area contributed by atoms with Gasteiger partial charge < -0.3 is 56.7 Å². The van der Waals surface area contributed by atoms with E-state index in [2.05, 4.69) is 96.2 Å². The Morgan fingerprint density at radius 3 is 1.02 bits per heavy atom. The molecule has 0 aliphatic carbocycles. The number of ether oxygens (including phenoxy) is 3. The van der Waals surface area contributed by atoms with Crippen molar-refractivity contribution < 1.29 is 124 Å². The van der Waals surface area contributed by atoms with E-state index in [9.17, 15) is 65.9 Å². The topological polar surface area (TPSA) is 356 Å². The molecule has 3 aromatic heterocycles. The molecule has 140 heavy (non-hydrogen) atoms. The number of hydrogen-bond acceptors (Lipinski definition) is 24. The van der Waals surface area contributed by atoms with Crippen LogP contribution in [0.25, 0.3) is 32.3 Å². The third-order valence-electron chi connectivity index (χ3n) is 22.8. The molecule has 3 atom stereocenters. The average Bonchev–Trinajstić information content (AvgIpc) is 0.841. The van der Waals surface area contributed by atoms with Gasteiger partial charge in [-0.05, 0) is 136 Å². The van der Waals surface area contributed by atoms with Gasteiger partial charge in [0.15, 0.2) is 0 Å². The number of aryl methyl sites for hydroxylation is 2. The Kier molecular flexibility index (Phi) is 55.4. The second-order valence-electron chi connectivity index (χ2n) is 33.0. The zero-order valence-corrected chi connectivity index (χ0v) is 87.8. The molecule has 753 valence electrons. The van der Waals surface area contributed by atoms with E-state index in [1.54, 1.807) is 92.2 Å². The number of benzene rings is 6. The number of likely N-dealkylation sites (N-methyl/N-ethyl adjacent to an activating group) is 3. The van der Waals surface area contributed by atoms with Gasteiger partial charge in [-0.3, -0.25) is 59.4 Å². The third kappa shape index (κ3) is 41.4. The first-order chi connectivity index (χ1) is 65.0. The molecule has 9 aromatic rings. The van der Waals surface area contributed by atoms with Crippen molar-refractivity contribution in [3.8, 4) is 0 Å². The molecule has 4 N–H and O–H groups in total. The number of halogens is 6. The van der Waals surface area contributed by atoms with Crippen LogP contribution in [0, 0.1) is 17.5 Å². The number of hydrogen-bond donors (Lipinski definition) is 4. The molecule has 0 bridgehead atoms. The van der Waals surface area contributed by atoms with E-state index in [0.717, 1.165) is 85.4 Å². The zero-order valence-electron chi connectivity index (χ0n) is 80.6. The van der Waals surface area contributed by atoms with Crippen LogP contribution in [0.1, 0.15) is 117 Å². The van der Waals surface area contributed by atoms with E-state index in [-0.39, 0.29) is 179 Å². The Morgan fingerprint density at radius 2 is 0.707 bits per heavy atom. The summed E-state index contributed by atoms with van der Waals surface area (Å²) in [6.45, 7) is 21.1. The minimum atomic E-state index is -0.714. The minimum absolute atomic E-state index is 0. The quantitative estimate of drug-likeness (QED) is 0.0136. The van der Waals surface area contributed by atoms with Crippen molar-refractivity contribution in [2.24, 2.45) is 0 Å². The molecule has 3 fully saturated rings. The standard InChI is InChI=1S/C32H39ClFN5O4.C30H37ClFN5O3.C29H33ClFN5O4.C4H6O4.C2H3BO2.Na.3H2S/c1-22(2)38-15-17-39(18-16-38)30(41)14-12-26(37(3)29(40)13-11-23-9-6-10-27(34)31(23)33)21-43-32(42)36-28-19-24-7-4-5-8-25(24)20-35-28;1-21(2)36-13-15-37(16-14-36)28(38)12-11-25(35(3)19-24-9-6-10-26(32)29(24)31)20-40-30(39)34-27-17-22-7-4-5-8-23(22)18-33-27;1-35(26(37)11-9-20-7-4-8-24(31)28(20)30)23(10-12-27(38)36-15-13-32-14-16-36)19-40-29(39)34-25-17-21-5-2-3-6-22(21)18-33-25;1-3(5)7-8-4(2)6;1-2(4)5-3;;;;/h4-10,19-20,22,26H,11-18,21H2,1-3H3,(H,35,36,42);4-10,17-18,21,25H,11-16,19-20H2,1-3H3,(H,33,34,39);2-8,17-18,23,32H,9-16,19H2,1H3,(H,33,34,39);1-2H3;1H3;;3*1H2/q;;;;-1;+1;;;/t26-;25-;23-;;;;;;/m000....../s1. The smallest absolute Gasteiger partial charge is 0.793 e. The number of carbonyl (C=O) groups excluding carboxylic acids is 11. The first kappa shape index (κ1) is 122. The van der Waals surface area contributed by atoms with Gasteiger partial charge in [-0.25, -0.2) is 61.9 Å². The Morgan fingerprint density at radius 1 is 0.414 bits per heavy atom. The van der Waals surface area contributed by atoms with Crippen LogP contribution in [-0.4, -0.2) is 278 Å². The molecule has 6 heterocycles. The van der Waals surface area contributed by atoms with Crippen molar-refractivity contribution in [2.45, 2.75) is 149 Å². The normalized spacial score (nSPS) is 13.4. The number of piperazine rings is 3. The van der Waals surface area contributed by atoms with Crippen LogP contribution in [-0.2, 0) is 86.4 Å². The van der Waals surface area contributed by atoms with Crippen LogP contribution in [0.4, 0.5) is 45.0 Å². The van der Waals surface area contributed by atoms with Gasteiger partial charge in [0.25, 0.3) is 0 Å². The van der Waals surface area contributed by atoms with Crippen molar-refractivity contribution >= 4 is 199 Å². The van der Waals surface area contributed by atoms with Crippen LogP contribution in [0.15, 0.2) is 164 Å². The van der Waals surface area contributed by atoms with Crippen LogP contribution in [0.5, 0.6) is 0 Å². The van der Waals surface area contributed by atoms with Crippen LogP contribution < -0.4 is 50.8 Å². The molecule has 0 unspecified atom stereocenters. The fourth-order valence-corrected chi connectivity index (χ4v) is 15.4. The molecule has 3 radical (unpaired) electrons. The largest absolute Gasteiger partial charge is 1.00 e. The summed E-state index contributed by atoms with van der Waals surface area (Å²) in [6, 6.07) is 41.5. The minimum Gasteiger partial charge on any atom is -0.793 e. The van der Waals surface area contributed by atoms with Gasteiger partial charge in [0.05, 0.1) is 27.2 Å². The monoisotopic (exact) mass is 2060 g/mol. The maximum atomic E-state index is 14.0.